The summed E-state index contributed by atoms with van der Waals surface area (Å²) in [4.78, 5) is 2.53. The van der Waals surface area contributed by atoms with Gasteiger partial charge in [0.15, 0.2) is 0 Å². The van der Waals surface area contributed by atoms with Crippen LogP contribution in [0.2, 0.25) is 10.0 Å². The van der Waals surface area contributed by atoms with Crippen LogP contribution in [-0.4, -0.2) is 41.0 Å². The molecule has 3 aliphatic heterocycles. The van der Waals surface area contributed by atoms with Gasteiger partial charge in [0.1, 0.15) is 5.75 Å². The molecule has 5 rings (SSSR count). The third-order valence-corrected chi connectivity index (χ3v) is 7.42. The number of benzene rings is 2. The molecule has 0 amide bonds. The monoisotopic (exact) mass is 507 g/mol. The Hall–Kier alpha value is -1.27. The molecule has 0 aliphatic carbocycles. The number of rotatable bonds is 3. The SMILES string of the molecule is CCCN1CCC2(CC1)Oc1ccc(Br)cc1[C@H]1CC(c3ccc(Cl)cc3Cl)=NN12. The molecule has 2 aromatic rings. The number of hydrogen-bond donors (Lipinski definition) is 0. The normalized spacial score (nSPS) is 22.5. The van der Waals surface area contributed by atoms with E-state index in [0.29, 0.717) is 10.0 Å². The first kappa shape index (κ1) is 20.6. The average molecular weight is 509 g/mol. The van der Waals surface area contributed by atoms with Gasteiger partial charge in [0, 0.05) is 53.0 Å². The number of nitrogens with zero attached hydrogens (tertiary/aromatic N) is 3. The third kappa shape index (κ3) is 3.54. The van der Waals surface area contributed by atoms with Gasteiger partial charge in [0.25, 0.3) is 0 Å². The molecule has 0 saturated carbocycles. The first-order valence-electron chi connectivity index (χ1n) is 10.5. The Bertz CT molecular complexity index is 1000. The van der Waals surface area contributed by atoms with Crippen molar-refractivity contribution >= 4 is 44.8 Å². The Morgan fingerprint density at radius 1 is 1.17 bits per heavy atom. The summed E-state index contributed by atoms with van der Waals surface area (Å²) >= 11 is 16.3. The van der Waals surface area contributed by atoms with Crippen molar-refractivity contribution in [3.05, 3.63) is 62.0 Å². The summed E-state index contributed by atoms with van der Waals surface area (Å²) in [5, 5.41) is 8.62. The molecule has 1 saturated heterocycles. The van der Waals surface area contributed by atoms with Crippen LogP contribution < -0.4 is 4.74 Å². The Kier molecular flexibility index (Phi) is 5.51. The van der Waals surface area contributed by atoms with Crippen LogP contribution in [0.4, 0.5) is 0 Å². The van der Waals surface area contributed by atoms with Crippen LogP contribution in [-0.2, 0) is 0 Å². The molecule has 0 unspecified atom stereocenters. The fourth-order valence-electron chi connectivity index (χ4n) is 4.91. The summed E-state index contributed by atoms with van der Waals surface area (Å²) in [6, 6.07) is 12.1. The molecule has 7 heteroatoms. The topological polar surface area (TPSA) is 28.1 Å². The molecule has 3 aliphatic rings. The largest absolute Gasteiger partial charge is 0.466 e. The lowest BCUT2D eigenvalue weighted by Gasteiger charge is -2.51. The standard InChI is InChI=1S/C23H24BrCl2N3O/c1-2-9-28-10-7-23(8-11-28)29-21(18-12-15(24)3-6-22(18)30-23)14-20(27-29)17-5-4-16(25)13-19(17)26/h3-6,12-13,21H,2,7-11,14H2,1H3/t21-/m1/s1. The highest BCUT2D eigenvalue weighted by molar-refractivity contribution is 9.10. The zero-order valence-corrected chi connectivity index (χ0v) is 20.0. The van der Waals surface area contributed by atoms with Gasteiger partial charge in [-0.15, -0.1) is 0 Å². The number of halogens is 3. The van der Waals surface area contributed by atoms with E-state index in [9.17, 15) is 0 Å². The van der Waals surface area contributed by atoms with Crippen LogP contribution >= 0.6 is 39.1 Å². The summed E-state index contributed by atoms with van der Waals surface area (Å²) < 4.78 is 7.76. The predicted octanol–water partition coefficient (Wildman–Crippen LogP) is 6.50. The van der Waals surface area contributed by atoms with Crippen molar-refractivity contribution in [2.45, 2.75) is 44.4 Å². The highest BCUT2D eigenvalue weighted by Gasteiger charge is 2.51. The van der Waals surface area contributed by atoms with Crippen LogP contribution in [0.25, 0.3) is 0 Å². The Balaban J connectivity index is 1.54. The first-order valence-corrected chi connectivity index (χ1v) is 12.1. The van der Waals surface area contributed by atoms with Crippen LogP contribution in [0.5, 0.6) is 5.75 Å². The molecule has 0 bridgehead atoms. The maximum atomic E-state index is 6.71. The number of fused-ring (bicyclic) bond motifs is 4. The molecular weight excluding hydrogens is 485 g/mol. The smallest absolute Gasteiger partial charge is 0.200 e. The summed E-state index contributed by atoms with van der Waals surface area (Å²) in [7, 11) is 0. The van der Waals surface area contributed by atoms with Gasteiger partial charge in [0.05, 0.1) is 16.8 Å². The number of likely N-dealkylation sites (tertiary alicyclic amines) is 1. The molecule has 158 valence electrons. The van der Waals surface area contributed by atoms with Crippen molar-refractivity contribution in [3.8, 4) is 5.75 Å². The van der Waals surface area contributed by atoms with Gasteiger partial charge < -0.3 is 9.64 Å². The van der Waals surface area contributed by atoms with E-state index >= 15 is 0 Å². The van der Waals surface area contributed by atoms with Crippen molar-refractivity contribution in [3.63, 3.8) is 0 Å². The minimum atomic E-state index is -0.406. The number of hydrogen-bond acceptors (Lipinski definition) is 4. The van der Waals surface area contributed by atoms with E-state index in [2.05, 4.69) is 51.0 Å². The molecule has 1 fully saturated rings. The number of piperidine rings is 1. The summed E-state index contributed by atoms with van der Waals surface area (Å²) in [5.74, 6) is 0.974. The summed E-state index contributed by atoms with van der Waals surface area (Å²) in [5.41, 5.74) is 2.71. The lowest BCUT2D eigenvalue weighted by Crippen LogP contribution is -2.59. The van der Waals surface area contributed by atoms with Gasteiger partial charge in [0.2, 0.25) is 5.72 Å². The Morgan fingerprint density at radius 2 is 1.97 bits per heavy atom. The van der Waals surface area contributed by atoms with E-state index in [-0.39, 0.29) is 6.04 Å². The molecule has 3 heterocycles. The highest BCUT2D eigenvalue weighted by Crippen LogP contribution is 2.50. The molecule has 30 heavy (non-hydrogen) atoms. The molecular formula is C23H24BrCl2N3O. The van der Waals surface area contributed by atoms with E-state index in [1.165, 1.54) is 12.0 Å². The number of ether oxygens (including phenoxy) is 1. The van der Waals surface area contributed by atoms with Crippen LogP contribution in [0.3, 0.4) is 0 Å². The Labute approximate surface area is 195 Å². The second-order valence-corrected chi connectivity index (χ2v) is 10.1. The van der Waals surface area contributed by atoms with Crippen molar-refractivity contribution in [1.82, 2.24) is 9.91 Å². The van der Waals surface area contributed by atoms with E-state index in [1.807, 2.05) is 12.1 Å². The molecule has 0 N–H and O–H groups in total. The molecule has 1 spiro atoms. The van der Waals surface area contributed by atoms with Crippen molar-refractivity contribution < 1.29 is 4.74 Å². The van der Waals surface area contributed by atoms with Crippen LogP contribution in [0.15, 0.2) is 46.0 Å². The minimum Gasteiger partial charge on any atom is -0.466 e. The highest BCUT2D eigenvalue weighted by atomic mass is 79.9. The fourth-order valence-corrected chi connectivity index (χ4v) is 5.81. The van der Waals surface area contributed by atoms with E-state index in [1.54, 1.807) is 6.07 Å². The Morgan fingerprint density at radius 3 is 2.70 bits per heavy atom. The number of hydrazone groups is 1. The van der Waals surface area contributed by atoms with Gasteiger partial charge in [-0.25, -0.2) is 5.01 Å². The molecule has 2 aromatic carbocycles. The second kappa shape index (κ2) is 8.01. The first-order chi connectivity index (χ1) is 14.5. The maximum Gasteiger partial charge on any atom is 0.200 e. The molecule has 0 radical (unpaired) electrons. The van der Waals surface area contributed by atoms with Gasteiger partial charge in [-0.1, -0.05) is 52.1 Å². The molecule has 0 aromatic heterocycles. The fraction of sp³-hybridized carbons (Fsp3) is 0.435. The zero-order valence-electron chi connectivity index (χ0n) is 16.9. The van der Waals surface area contributed by atoms with Gasteiger partial charge >= 0.3 is 0 Å². The van der Waals surface area contributed by atoms with Crippen LogP contribution in [0, 0.1) is 0 Å². The van der Waals surface area contributed by atoms with Gasteiger partial charge in [-0.05, 0) is 43.3 Å². The lowest BCUT2D eigenvalue weighted by atomic mass is 9.90. The average Bonchev–Trinajstić information content (AvgIpc) is 3.17. The van der Waals surface area contributed by atoms with E-state index < -0.39 is 5.72 Å². The maximum absolute atomic E-state index is 6.71. The van der Waals surface area contributed by atoms with Crippen molar-refractivity contribution in [2.75, 3.05) is 19.6 Å². The minimum absolute atomic E-state index is 0.144. The summed E-state index contributed by atoms with van der Waals surface area (Å²) in [6.45, 7) is 5.42. The summed E-state index contributed by atoms with van der Waals surface area (Å²) in [6.07, 6.45) is 3.84. The third-order valence-electron chi connectivity index (χ3n) is 6.38. The van der Waals surface area contributed by atoms with Crippen molar-refractivity contribution in [1.29, 1.82) is 0 Å². The van der Waals surface area contributed by atoms with Crippen LogP contribution in [0.1, 0.15) is 49.8 Å². The van der Waals surface area contributed by atoms with Crippen molar-refractivity contribution in [2.24, 2.45) is 5.10 Å². The van der Waals surface area contributed by atoms with Gasteiger partial charge in [-0.3, -0.25) is 0 Å². The second-order valence-electron chi connectivity index (χ2n) is 8.31. The quantitative estimate of drug-likeness (QED) is 0.473. The predicted molar refractivity (Wildman–Crippen MR) is 126 cm³/mol. The van der Waals surface area contributed by atoms with Gasteiger partial charge in [-0.2, -0.15) is 5.10 Å². The molecule has 1 atom stereocenters. The zero-order chi connectivity index (χ0) is 20.9. The van der Waals surface area contributed by atoms with E-state index in [0.717, 1.165) is 60.4 Å². The van der Waals surface area contributed by atoms with E-state index in [4.69, 9.17) is 33.0 Å². The lowest BCUT2D eigenvalue weighted by molar-refractivity contribution is -0.149. The molecule has 4 nitrogen and oxygen atoms in total.